The molecule has 0 aliphatic carbocycles. The molecule has 2 aromatic carbocycles. The molecule has 0 atom stereocenters. The van der Waals surface area contributed by atoms with Crippen molar-refractivity contribution in [2.45, 2.75) is 52.4 Å². The molecular weight excluding hydrogens is 380 g/mol. The second-order valence-corrected chi connectivity index (χ2v) is 10.6. The van der Waals surface area contributed by atoms with Gasteiger partial charge in [-0.15, -0.1) is 0 Å². The molecule has 2 aromatic heterocycles. The van der Waals surface area contributed by atoms with Crippen LogP contribution in [0.25, 0.3) is 22.1 Å². The molecule has 0 radical (unpaired) electrons. The van der Waals surface area contributed by atoms with Gasteiger partial charge < -0.3 is 5.11 Å². The topological polar surface area (TPSA) is 54.6 Å². The zero-order valence-corrected chi connectivity index (χ0v) is 18.5. The lowest BCUT2D eigenvalue weighted by molar-refractivity contribution is 0.423. The summed E-state index contributed by atoms with van der Waals surface area (Å²) in [5.74, 6) is 0.344. The summed E-state index contributed by atoms with van der Waals surface area (Å²) in [6.45, 7) is 12.5. The number of hydrogen-bond acceptors (Lipinski definition) is 4. The van der Waals surface area contributed by atoms with Crippen LogP contribution < -0.4 is 10.1 Å². The standard InChI is InChI=1S/C24H26N2O2S/c1-23(2,3)15-11-14(12-16(20(15)27)24(4,5)6)13-19-21(28)26-18-10-8-7-9-17(18)25-22(26)29-19/h7-13,27H,1-6H3. The molecular formula is C24H26N2O2S. The van der Waals surface area contributed by atoms with Gasteiger partial charge in [0, 0.05) is 11.1 Å². The molecule has 1 N–H and O–H groups in total. The number of thiazole rings is 1. The third kappa shape index (κ3) is 3.33. The summed E-state index contributed by atoms with van der Waals surface area (Å²) in [5, 5.41) is 10.9. The van der Waals surface area contributed by atoms with E-state index in [1.165, 1.54) is 11.3 Å². The predicted octanol–water partition coefficient (Wildman–Crippen LogP) is 4.76. The summed E-state index contributed by atoms with van der Waals surface area (Å²) in [4.78, 5) is 18.4. The first-order chi connectivity index (χ1) is 13.5. The van der Waals surface area contributed by atoms with Gasteiger partial charge in [0.2, 0.25) is 0 Å². The van der Waals surface area contributed by atoms with E-state index in [-0.39, 0.29) is 16.4 Å². The molecule has 4 aromatic rings. The van der Waals surface area contributed by atoms with E-state index in [0.29, 0.717) is 15.2 Å². The van der Waals surface area contributed by atoms with Crippen molar-refractivity contribution in [1.29, 1.82) is 0 Å². The zero-order valence-electron chi connectivity index (χ0n) is 17.7. The average molecular weight is 407 g/mol. The Morgan fingerprint density at radius 2 is 1.59 bits per heavy atom. The number of phenols is 1. The van der Waals surface area contributed by atoms with E-state index in [1.54, 1.807) is 4.40 Å². The van der Waals surface area contributed by atoms with Crippen LogP contribution in [0.15, 0.2) is 41.2 Å². The van der Waals surface area contributed by atoms with Crippen molar-refractivity contribution >= 4 is 33.4 Å². The number of rotatable bonds is 1. The molecule has 0 spiro atoms. The number of benzene rings is 2. The second-order valence-electron chi connectivity index (χ2n) is 9.60. The Kier molecular flexibility index (Phi) is 4.35. The highest BCUT2D eigenvalue weighted by molar-refractivity contribution is 7.15. The number of para-hydroxylation sites is 2. The van der Waals surface area contributed by atoms with Crippen LogP contribution in [0, 0.1) is 0 Å². The lowest BCUT2D eigenvalue weighted by Gasteiger charge is -2.27. The molecule has 0 unspecified atom stereocenters. The maximum absolute atomic E-state index is 13.1. The number of nitrogens with zero attached hydrogens (tertiary/aromatic N) is 2. The molecule has 0 aliphatic heterocycles. The van der Waals surface area contributed by atoms with E-state index in [9.17, 15) is 9.90 Å². The van der Waals surface area contributed by atoms with Crippen LogP contribution in [-0.2, 0) is 10.8 Å². The van der Waals surface area contributed by atoms with E-state index < -0.39 is 0 Å². The predicted molar refractivity (Wildman–Crippen MR) is 121 cm³/mol. The minimum absolute atomic E-state index is 0.0543. The van der Waals surface area contributed by atoms with Gasteiger partial charge in [0.15, 0.2) is 4.96 Å². The third-order valence-electron chi connectivity index (χ3n) is 5.19. The van der Waals surface area contributed by atoms with Crippen LogP contribution >= 0.6 is 11.3 Å². The highest BCUT2D eigenvalue weighted by Gasteiger charge is 2.26. The summed E-state index contributed by atoms with van der Waals surface area (Å²) in [5.41, 5.74) is 3.87. The number of phenolic OH excluding ortho intramolecular Hbond substituents is 1. The van der Waals surface area contributed by atoms with Crippen molar-refractivity contribution in [3.8, 4) is 5.75 Å². The highest BCUT2D eigenvalue weighted by atomic mass is 32.1. The molecule has 0 bridgehead atoms. The lowest BCUT2D eigenvalue weighted by Crippen LogP contribution is -2.23. The summed E-state index contributed by atoms with van der Waals surface area (Å²) < 4.78 is 2.32. The van der Waals surface area contributed by atoms with Crippen LogP contribution in [-0.4, -0.2) is 14.5 Å². The largest absolute Gasteiger partial charge is 0.507 e. The Bertz CT molecular complexity index is 1310. The van der Waals surface area contributed by atoms with Crippen LogP contribution in [0.1, 0.15) is 58.2 Å². The molecule has 2 heterocycles. The number of aromatic hydroxyl groups is 1. The minimum atomic E-state index is -0.214. The van der Waals surface area contributed by atoms with Crippen molar-refractivity contribution in [3.63, 3.8) is 0 Å². The maximum Gasteiger partial charge on any atom is 0.274 e. The van der Waals surface area contributed by atoms with Crippen molar-refractivity contribution in [2.75, 3.05) is 0 Å². The van der Waals surface area contributed by atoms with Crippen molar-refractivity contribution in [1.82, 2.24) is 9.38 Å². The Labute approximate surface area is 174 Å². The molecule has 0 saturated carbocycles. The monoisotopic (exact) mass is 406 g/mol. The molecule has 4 rings (SSSR count). The Balaban J connectivity index is 1.99. The Morgan fingerprint density at radius 3 is 2.17 bits per heavy atom. The van der Waals surface area contributed by atoms with E-state index in [0.717, 1.165) is 27.7 Å². The maximum atomic E-state index is 13.1. The van der Waals surface area contributed by atoms with E-state index in [1.807, 2.05) is 42.5 Å². The average Bonchev–Trinajstić information content (AvgIpc) is 3.11. The first-order valence-electron chi connectivity index (χ1n) is 9.76. The van der Waals surface area contributed by atoms with Gasteiger partial charge in [-0.25, -0.2) is 9.38 Å². The van der Waals surface area contributed by atoms with Gasteiger partial charge in [0.05, 0.1) is 15.6 Å². The first kappa shape index (κ1) is 19.6. The van der Waals surface area contributed by atoms with Crippen molar-refractivity contribution < 1.29 is 5.11 Å². The van der Waals surface area contributed by atoms with Crippen LogP contribution in [0.5, 0.6) is 5.75 Å². The molecule has 0 amide bonds. The number of imidazole rings is 1. The summed E-state index contributed by atoms with van der Waals surface area (Å²) in [6.07, 6.45) is 1.92. The van der Waals surface area contributed by atoms with Crippen molar-refractivity contribution in [3.05, 3.63) is 68.0 Å². The quantitative estimate of drug-likeness (QED) is 0.496. The number of fused-ring (bicyclic) bond motifs is 3. The Morgan fingerprint density at radius 1 is 1.00 bits per heavy atom. The zero-order chi connectivity index (χ0) is 21.1. The number of aromatic nitrogens is 2. The highest BCUT2D eigenvalue weighted by Crippen LogP contribution is 2.39. The van der Waals surface area contributed by atoms with E-state index >= 15 is 0 Å². The fourth-order valence-electron chi connectivity index (χ4n) is 3.65. The second kappa shape index (κ2) is 6.42. The van der Waals surface area contributed by atoms with Gasteiger partial charge in [-0.3, -0.25) is 4.79 Å². The molecule has 150 valence electrons. The van der Waals surface area contributed by atoms with E-state index in [2.05, 4.69) is 46.5 Å². The van der Waals surface area contributed by atoms with Crippen LogP contribution in [0.2, 0.25) is 0 Å². The molecule has 4 nitrogen and oxygen atoms in total. The van der Waals surface area contributed by atoms with Gasteiger partial charge in [-0.1, -0.05) is 65.0 Å². The fraction of sp³-hybridized carbons (Fsp3) is 0.333. The van der Waals surface area contributed by atoms with E-state index in [4.69, 9.17) is 0 Å². The Hall–Kier alpha value is -2.66. The normalized spacial score (nSPS) is 13.7. The molecule has 0 fully saturated rings. The van der Waals surface area contributed by atoms with Crippen molar-refractivity contribution in [2.24, 2.45) is 0 Å². The fourth-order valence-corrected chi connectivity index (χ4v) is 4.63. The SMILES string of the molecule is CC(C)(C)c1cc(C=c2sc3nc4ccccc4n3c2=O)cc(C(C)(C)C)c1O. The molecule has 0 aliphatic rings. The van der Waals surface area contributed by atoms with Gasteiger partial charge in [-0.2, -0.15) is 0 Å². The first-order valence-corrected chi connectivity index (χ1v) is 10.6. The minimum Gasteiger partial charge on any atom is -0.507 e. The molecule has 5 heteroatoms. The third-order valence-corrected chi connectivity index (χ3v) is 6.16. The molecule has 0 saturated heterocycles. The summed E-state index contributed by atoms with van der Waals surface area (Å²) in [6, 6.07) is 11.7. The van der Waals surface area contributed by atoms with Gasteiger partial charge in [0.25, 0.3) is 5.56 Å². The smallest absolute Gasteiger partial charge is 0.274 e. The van der Waals surface area contributed by atoms with Gasteiger partial charge >= 0.3 is 0 Å². The lowest BCUT2D eigenvalue weighted by atomic mass is 9.78. The molecule has 29 heavy (non-hydrogen) atoms. The summed E-state index contributed by atoms with van der Waals surface area (Å²) in [7, 11) is 0. The van der Waals surface area contributed by atoms with Gasteiger partial charge in [-0.05, 0) is 46.7 Å². The van der Waals surface area contributed by atoms with Crippen LogP contribution in [0.4, 0.5) is 0 Å². The summed E-state index contributed by atoms with van der Waals surface area (Å²) >= 11 is 1.40. The van der Waals surface area contributed by atoms with Gasteiger partial charge in [0.1, 0.15) is 5.75 Å². The number of hydrogen-bond donors (Lipinski definition) is 1. The van der Waals surface area contributed by atoms with Crippen LogP contribution in [0.3, 0.4) is 0 Å².